The smallest absolute Gasteiger partial charge is 0.317 e. The Labute approximate surface area is 112 Å². The summed E-state index contributed by atoms with van der Waals surface area (Å²) < 4.78 is 38.3. The van der Waals surface area contributed by atoms with Crippen molar-refractivity contribution in [2.24, 2.45) is 0 Å². The Morgan fingerprint density at radius 1 is 1.16 bits per heavy atom. The number of hydrogen-bond acceptors (Lipinski definition) is 2. The van der Waals surface area contributed by atoms with Crippen molar-refractivity contribution in [1.29, 1.82) is 0 Å². The third-order valence-electron chi connectivity index (χ3n) is 2.85. The molecule has 1 rings (SSSR count). The summed E-state index contributed by atoms with van der Waals surface area (Å²) in [4.78, 5) is 0. The first kappa shape index (κ1) is 16.0. The minimum atomic E-state index is -4.34. The molecule has 0 unspecified atom stereocenters. The van der Waals surface area contributed by atoms with E-state index < -0.39 is 11.9 Å². The van der Waals surface area contributed by atoms with E-state index in [4.69, 9.17) is 0 Å². The molecule has 0 spiro atoms. The van der Waals surface area contributed by atoms with Crippen molar-refractivity contribution in [3.8, 4) is 0 Å². The molecule has 0 radical (unpaired) electrons. The van der Waals surface area contributed by atoms with E-state index >= 15 is 0 Å². The molecule has 1 aromatic rings. The summed E-state index contributed by atoms with van der Waals surface area (Å²) in [6.07, 6.45) is 2.31. The van der Waals surface area contributed by atoms with Crippen LogP contribution in [0.4, 0.5) is 13.2 Å². The fourth-order valence-electron chi connectivity index (χ4n) is 1.82. The van der Waals surface area contributed by atoms with Crippen molar-refractivity contribution in [1.82, 2.24) is 15.1 Å². The second-order valence-electron chi connectivity index (χ2n) is 4.63. The Kier molecular flexibility index (Phi) is 6.91. The molecule has 0 saturated carbocycles. The molecule has 6 heteroatoms. The van der Waals surface area contributed by atoms with Crippen LogP contribution in [-0.2, 0) is 12.7 Å². The van der Waals surface area contributed by atoms with Gasteiger partial charge in [-0.25, -0.2) is 0 Å². The van der Waals surface area contributed by atoms with Gasteiger partial charge in [-0.3, -0.25) is 4.68 Å². The van der Waals surface area contributed by atoms with E-state index in [1.54, 1.807) is 0 Å². The number of rotatable bonds is 9. The van der Waals surface area contributed by atoms with E-state index in [1.165, 1.54) is 10.9 Å². The quantitative estimate of drug-likeness (QED) is 0.700. The van der Waals surface area contributed by atoms with Crippen LogP contribution in [0, 0.1) is 0 Å². The maximum Gasteiger partial charge on any atom is 0.435 e. The molecule has 0 aromatic carbocycles. The van der Waals surface area contributed by atoms with Gasteiger partial charge in [-0.1, -0.05) is 19.8 Å². The van der Waals surface area contributed by atoms with Gasteiger partial charge in [-0.15, -0.1) is 0 Å². The SMILES string of the molecule is CCCNCCCCCCn1ccc(C(F)(F)F)n1. The van der Waals surface area contributed by atoms with Crippen molar-refractivity contribution in [2.45, 2.75) is 51.7 Å². The van der Waals surface area contributed by atoms with Gasteiger partial charge in [0.2, 0.25) is 0 Å². The second kappa shape index (κ2) is 8.19. The molecular formula is C13H22F3N3. The molecule has 0 saturated heterocycles. The van der Waals surface area contributed by atoms with Gasteiger partial charge in [0.15, 0.2) is 5.69 Å². The normalized spacial score (nSPS) is 12.0. The van der Waals surface area contributed by atoms with E-state index in [0.717, 1.165) is 51.3 Å². The maximum absolute atomic E-state index is 12.3. The molecule has 0 amide bonds. The molecule has 0 aliphatic carbocycles. The summed E-state index contributed by atoms with van der Waals surface area (Å²) in [5, 5.41) is 6.84. The lowest BCUT2D eigenvalue weighted by atomic mass is 10.2. The molecule has 0 aliphatic heterocycles. The van der Waals surface area contributed by atoms with E-state index in [2.05, 4.69) is 17.3 Å². The number of nitrogens with zero attached hydrogens (tertiary/aromatic N) is 2. The molecule has 0 bridgehead atoms. The lowest BCUT2D eigenvalue weighted by molar-refractivity contribution is -0.141. The largest absolute Gasteiger partial charge is 0.435 e. The van der Waals surface area contributed by atoms with Crippen molar-refractivity contribution < 1.29 is 13.2 Å². The molecule has 19 heavy (non-hydrogen) atoms. The predicted molar refractivity (Wildman–Crippen MR) is 68.9 cm³/mol. The van der Waals surface area contributed by atoms with Gasteiger partial charge in [0, 0.05) is 12.7 Å². The van der Waals surface area contributed by atoms with Crippen LogP contribution < -0.4 is 5.32 Å². The summed E-state index contributed by atoms with van der Waals surface area (Å²) in [7, 11) is 0. The molecule has 3 nitrogen and oxygen atoms in total. The third-order valence-corrected chi connectivity index (χ3v) is 2.85. The van der Waals surface area contributed by atoms with Gasteiger partial charge >= 0.3 is 6.18 Å². The van der Waals surface area contributed by atoms with E-state index in [-0.39, 0.29) is 0 Å². The second-order valence-corrected chi connectivity index (χ2v) is 4.63. The topological polar surface area (TPSA) is 29.9 Å². The first-order valence-electron chi connectivity index (χ1n) is 6.85. The number of alkyl halides is 3. The number of halogens is 3. The van der Waals surface area contributed by atoms with Gasteiger partial charge in [-0.2, -0.15) is 18.3 Å². The van der Waals surface area contributed by atoms with Crippen LogP contribution in [0.5, 0.6) is 0 Å². The van der Waals surface area contributed by atoms with Crippen molar-refractivity contribution >= 4 is 0 Å². The highest BCUT2D eigenvalue weighted by atomic mass is 19.4. The van der Waals surface area contributed by atoms with Gasteiger partial charge in [0.05, 0.1) is 0 Å². The fourth-order valence-corrected chi connectivity index (χ4v) is 1.82. The lowest BCUT2D eigenvalue weighted by Crippen LogP contribution is -2.15. The van der Waals surface area contributed by atoms with Gasteiger partial charge in [0.1, 0.15) is 0 Å². The zero-order chi connectivity index (χ0) is 14.1. The maximum atomic E-state index is 12.3. The first-order valence-corrected chi connectivity index (χ1v) is 6.85. The van der Waals surface area contributed by atoms with Gasteiger partial charge < -0.3 is 5.32 Å². The summed E-state index contributed by atoms with van der Waals surface area (Å²) in [5.41, 5.74) is -0.809. The Balaban J connectivity index is 2.08. The summed E-state index contributed by atoms with van der Waals surface area (Å²) >= 11 is 0. The zero-order valence-corrected chi connectivity index (χ0v) is 11.3. The standard InChI is InChI=1S/C13H22F3N3/c1-2-8-17-9-5-3-4-6-10-19-11-7-12(18-19)13(14,15)16/h7,11,17H,2-6,8-10H2,1H3. The van der Waals surface area contributed by atoms with Crippen LogP contribution in [0.3, 0.4) is 0 Å². The van der Waals surface area contributed by atoms with E-state index in [0.29, 0.717) is 6.54 Å². The predicted octanol–water partition coefficient (Wildman–Crippen LogP) is 3.46. The Morgan fingerprint density at radius 3 is 2.53 bits per heavy atom. The number of hydrogen-bond donors (Lipinski definition) is 1. The van der Waals surface area contributed by atoms with Gasteiger partial charge in [-0.05, 0) is 38.4 Å². The van der Waals surface area contributed by atoms with Gasteiger partial charge in [0.25, 0.3) is 0 Å². The molecule has 110 valence electrons. The highest BCUT2D eigenvalue weighted by molar-refractivity contribution is 5.03. The monoisotopic (exact) mass is 277 g/mol. The Hall–Kier alpha value is -1.04. The molecular weight excluding hydrogens is 255 g/mol. The van der Waals surface area contributed by atoms with Crippen molar-refractivity contribution in [2.75, 3.05) is 13.1 Å². The number of aromatic nitrogens is 2. The van der Waals surface area contributed by atoms with Crippen LogP contribution in [0.2, 0.25) is 0 Å². The minimum Gasteiger partial charge on any atom is -0.317 e. The van der Waals surface area contributed by atoms with Crippen molar-refractivity contribution in [3.05, 3.63) is 18.0 Å². The highest BCUT2D eigenvalue weighted by Gasteiger charge is 2.33. The van der Waals surface area contributed by atoms with Crippen LogP contribution >= 0.6 is 0 Å². The Morgan fingerprint density at radius 2 is 1.89 bits per heavy atom. The fraction of sp³-hybridized carbons (Fsp3) is 0.769. The lowest BCUT2D eigenvalue weighted by Gasteiger charge is -2.04. The molecule has 0 atom stereocenters. The van der Waals surface area contributed by atoms with Crippen molar-refractivity contribution in [3.63, 3.8) is 0 Å². The van der Waals surface area contributed by atoms with Crippen LogP contribution in [0.1, 0.15) is 44.7 Å². The summed E-state index contributed by atoms with van der Waals surface area (Å²) in [5.74, 6) is 0. The number of unbranched alkanes of at least 4 members (excludes halogenated alkanes) is 3. The van der Waals surface area contributed by atoms with E-state index in [1.807, 2.05) is 0 Å². The van der Waals surface area contributed by atoms with Crippen LogP contribution in [-0.4, -0.2) is 22.9 Å². The van der Waals surface area contributed by atoms with Crippen LogP contribution in [0.15, 0.2) is 12.3 Å². The minimum absolute atomic E-state index is 0.554. The molecule has 0 fully saturated rings. The Bertz CT molecular complexity index is 347. The summed E-state index contributed by atoms with van der Waals surface area (Å²) in [6.45, 7) is 4.76. The average Bonchev–Trinajstić information content (AvgIpc) is 2.81. The first-order chi connectivity index (χ1) is 9.04. The average molecular weight is 277 g/mol. The number of nitrogens with one attached hydrogen (secondary N) is 1. The zero-order valence-electron chi connectivity index (χ0n) is 11.3. The summed E-state index contributed by atoms with van der Waals surface area (Å²) in [6, 6.07) is 1.02. The van der Waals surface area contributed by atoms with Crippen LogP contribution in [0.25, 0.3) is 0 Å². The molecule has 0 aliphatic rings. The molecule has 1 N–H and O–H groups in total. The highest BCUT2D eigenvalue weighted by Crippen LogP contribution is 2.27. The molecule has 1 aromatic heterocycles. The third kappa shape index (κ3) is 6.61. The molecule has 1 heterocycles. The van der Waals surface area contributed by atoms with E-state index in [9.17, 15) is 13.2 Å². The number of aryl methyl sites for hydroxylation is 1.